The van der Waals surface area contributed by atoms with Crippen LogP contribution in [0, 0.1) is 0 Å². The molecule has 0 aromatic carbocycles. The SMILES string of the molecule is CSCCCNCc1cnn(CCO)c1. The normalized spacial score (nSPS) is 10.8. The van der Waals surface area contributed by atoms with Gasteiger partial charge in [0.25, 0.3) is 0 Å². The van der Waals surface area contributed by atoms with Crippen molar-refractivity contribution < 1.29 is 5.11 Å². The van der Waals surface area contributed by atoms with Gasteiger partial charge in [-0.15, -0.1) is 0 Å². The van der Waals surface area contributed by atoms with E-state index >= 15 is 0 Å². The van der Waals surface area contributed by atoms with Crippen molar-refractivity contribution in [3.05, 3.63) is 18.0 Å². The Bertz CT molecular complexity index is 265. The summed E-state index contributed by atoms with van der Waals surface area (Å²) in [5.74, 6) is 1.21. The van der Waals surface area contributed by atoms with E-state index < -0.39 is 0 Å². The predicted octanol–water partition coefficient (Wildman–Crippen LogP) is 0.718. The minimum absolute atomic E-state index is 0.141. The molecule has 5 heteroatoms. The smallest absolute Gasteiger partial charge is 0.0640 e. The molecule has 4 nitrogen and oxygen atoms in total. The van der Waals surface area contributed by atoms with Crippen molar-refractivity contribution in [3.8, 4) is 0 Å². The highest BCUT2D eigenvalue weighted by Crippen LogP contribution is 1.98. The number of hydrogen-bond acceptors (Lipinski definition) is 4. The molecule has 1 rings (SSSR count). The van der Waals surface area contributed by atoms with Crippen LogP contribution >= 0.6 is 11.8 Å². The molecular weight excluding hydrogens is 210 g/mol. The predicted molar refractivity (Wildman–Crippen MR) is 64.0 cm³/mol. The summed E-state index contributed by atoms with van der Waals surface area (Å²) >= 11 is 1.87. The molecule has 0 unspecified atom stereocenters. The van der Waals surface area contributed by atoms with E-state index in [1.165, 1.54) is 17.7 Å². The van der Waals surface area contributed by atoms with Crippen LogP contribution in [0.25, 0.3) is 0 Å². The molecule has 0 atom stereocenters. The molecule has 0 radical (unpaired) electrons. The van der Waals surface area contributed by atoms with Gasteiger partial charge in [0.1, 0.15) is 0 Å². The Morgan fingerprint density at radius 1 is 1.60 bits per heavy atom. The molecule has 86 valence electrons. The van der Waals surface area contributed by atoms with Gasteiger partial charge in [-0.25, -0.2) is 0 Å². The molecule has 0 bridgehead atoms. The minimum atomic E-state index is 0.141. The molecule has 0 fully saturated rings. The highest BCUT2D eigenvalue weighted by atomic mass is 32.2. The lowest BCUT2D eigenvalue weighted by molar-refractivity contribution is 0.269. The van der Waals surface area contributed by atoms with Crippen LogP contribution < -0.4 is 5.32 Å². The van der Waals surface area contributed by atoms with Gasteiger partial charge in [0, 0.05) is 18.3 Å². The quantitative estimate of drug-likeness (QED) is 0.645. The van der Waals surface area contributed by atoms with Crippen molar-refractivity contribution in [2.45, 2.75) is 19.5 Å². The van der Waals surface area contributed by atoms with Gasteiger partial charge in [-0.1, -0.05) is 0 Å². The molecule has 2 N–H and O–H groups in total. The maximum Gasteiger partial charge on any atom is 0.0640 e. The Morgan fingerprint density at radius 2 is 2.47 bits per heavy atom. The van der Waals surface area contributed by atoms with E-state index in [4.69, 9.17) is 5.11 Å². The van der Waals surface area contributed by atoms with E-state index in [0.29, 0.717) is 6.54 Å². The lowest BCUT2D eigenvalue weighted by Gasteiger charge is -2.01. The molecule has 0 saturated heterocycles. The zero-order valence-electron chi connectivity index (χ0n) is 9.15. The van der Waals surface area contributed by atoms with Crippen molar-refractivity contribution in [1.82, 2.24) is 15.1 Å². The first-order chi connectivity index (χ1) is 7.36. The average Bonchev–Trinajstić information content (AvgIpc) is 2.66. The summed E-state index contributed by atoms with van der Waals surface area (Å²) in [4.78, 5) is 0. The van der Waals surface area contributed by atoms with Gasteiger partial charge in [-0.2, -0.15) is 16.9 Å². The van der Waals surface area contributed by atoms with Crippen LogP contribution in [0.1, 0.15) is 12.0 Å². The summed E-state index contributed by atoms with van der Waals surface area (Å²) in [5, 5.41) is 16.2. The maximum absolute atomic E-state index is 8.72. The van der Waals surface area contributed by atoms with E-state index in [9.17, 15) is 0 Å². The third-order valence-corrected chi connectivity index (χ3v) is 2.74. The number of aliphatic hydroxyl groups excluding tert-OH is 1. The van der Waals surface area contributed by atoms with Gasteiger partial charge >= 0.3 is 0 Å². The Morgan fingerprint density at radius 3 is 3.20 bits per heavy atom. The first kappa shape index (κ1) is 12.5. The second-order valence-electron chi connectivity index (χ2n) is 3.36. The lowest BCUT2D eigenvalue weighted by atomic mass is 10.3. The largest absolute Gasteiger partial charge is 0.394 e. The molecular formula is C10H19N3OS. The molecule has 0 aliphatic rings. The average molecular weight is 229 g/mol. The van der Waals surface area contributed by atoms with Gasteiger partial charge in [-0.3, -0.25) is 4.68 Å². The van der Waals surface area contributed by atoms with Crippen molar-refractivity contribution in [3.63, 3.8) is 0 Å². The zero-order chi connectivity index (χ0) is 10.9. The van der Waals surface area contributed by atoms with Crippen LogP contribution in [0.15, 0.2) is 12.4 Å². The fourth-order valence-electron chi connectivity index (χ4n) is 1.30. The topological polar surface area (TPSA) is 50.1 Å². The minimum Gasteiger partial charge on any atom is -0.394 e. The fraction of sp³-hybridized carbons (Fsp3) is 0.700. The fourth-order valence-corrected chi connectivity index (χ4v) is 1.73. The van der Waals surface area contributed by atoms with E-state index in [1.54, 1.807) is 4.68 Å². The summed E-state index contributed by atoms with van der Waals surface area (Å²) in [6.45, 7) is 2.63. The highest BCUT2D eigenvalue weighted by Gasteiger charge is 1.97. The Hall–Kier alpha value is -0.520. The van der Waals surface area contributed by atoms with E-state index in [-0.39, 0.29) is 6.61 Å². The summed E-state index contributed by atoms with van der Waals surface area (Å²) in [5.41, 5.74) is 1.17. The third kappa shape index (κ3) is 5.20. The van der Waals surface area contributed by atoms with Crippen LogP contribution in [-0.2, 0) is 13.1 Å². The van der Waals surface area contributed by atoms with Crippen LogP contribution in [0.2, 0.25) is 0 Å². The summed E-state index contributed by atoms with van der Waals surface area (Å²) in [6.07, 6.45) is 7.14. The van der Waals surface area contributed by atoms with Gasteiger partial charge in [0.05, 0.1) is 19.3 Å². The van der Waals surface area contributed by atoms with Gasteiger partial charge < -0.3 is 10.4 Å². The van der Waals surface area contributed by atoms with Crippen LogP contribution in [0.4, 0.5) is 0 Å². The summed E-state index contributed by atoms with van der Waals surface area (Å²) in [6, 6.07) is 0. The summed E-state index contributed by atoms with van der Waals surface area (Å²) in [7, 11) is 0. The number of aromatic nitrogens is 2. The van der Waals surface area contributed by atoms with Gasteiger partial charge in [-0.05, 0) is 25.0 Å². The Kier molecular flexibility index (Phi) is 6.47. The molecule has 0 spiro atoms. The first-order valence-corrected chi connectivity index (χ1v) is 6.58. The molecule has 0 aliphatic carbocycles. The van der Waals surface area contributed by atoms with Crippen molar-refractivity contribution in [2.24, 2.45) is 0 Å². The Balaban J connectivity index is 2.14. The van der Waals surface area contributed by atoms with Crippen molar-refractivity contribution in [1.29, 1.82) is 0 Å². The molecule has 0 aliphatic heterocycles. The first-order valence-electron chi connectivity index (χ1n) is 5.18. The number of hydrogen-bond donors (Lipinski definition) is 2. The molecule has 0 amide bonds. The number of thioether (sulfide) groups is 1. The second-order valence-corrected chi connectivity index (χ2v) is 4.34. The van der Waals surface area contributed by atoms with Crippen LogP contribution in [0.3, 0.4) is 0 Å². The standard InChI is InChI=1S/C10H19N3OS/c1-15-6-2-3-11-7-10-8-12-13(9-10)4-5-14/h8-9,11,14H,2-7H2,1H3. The number of aliphatic hydroxyl groups is 1. The molecule has 15 heavy (non-hydrogen) atoms. The van der Waals surface area contributed by atoms with E-state index in [2.05, 4.69) is 16.7 Å². The van der Waals surface area contributed by atoms with Crippen molar-refractivity contribution in [2.75, 3.05) is 25.2 Å². The monoisotopic (exact) mass is 229 g/mol. The van der Waals surface area contributed by atoms with Crippen LogP contribution in [-0.4, -0.2) is 40.0 Å². The Labute approximate surface area is 95.1 Å². The molecule has 1 aromatic rings. The van der Waals surface area contributed by atoms with Crippen molar-refractivity contribution >= 4 is 11.8 Å². The molecule has 1 aromatic heterocycles. The second kappa shape index (κ2) is 7.73. The number of nitrogens with zero attached hydrogens (tertiary/aromatic N) is 2. The highest BCUT2D eigenvalue weighted by molar-refractivity contribution is 7.98. The van der Waals surface area contributed by atoms with E-state index in [1.807, 2.05) is 24.2 Å². The zero-order valence-corrected chi connectivity index (χ0v) is 9.96. The maximum atomic E-state index is 8.72. The molecule has 0 saturated carbocycles. The van der Waals surface area contributed by atoms with Gasteiger partial charge in [0.15, 0.2) is 0 Å². The number of rotatable bonds is 8. The van der Waals surface area contributed by atoms with Gasteiger partial charge in [0.2, 0.25) is 0 Å². The summed E-state index contributed by atoms with van der Waals surface area (Å²) < 4.78 is 1.76. The van der Waals surface area contributed by atoms with Crippen LogP contribution in [0.5, 0.6) is 0 Å². The molecule has 1 heterocycles. The van der Waals surface area contributed by atoms with E-state index in [0.717, 1.165) is 13.1 Å². The number of nitrogens with one attached hydrogen (secondary N) is 1. The third-order valence-electron chi connectivity index (χ3n) is 2.05. The lowest BCUT2D eigenvalue weighted by Crippen LogP contribution is -2.14.